The lowest BCUT2D eigenvalue weighted by Crippen LogP contribution is -2.13. The molecule has 0 fully saturated rings. The number of thioether (sulfide) groups is 1. The Bertz CT molecular complexity index is 194. The van der Waals surface area contributed by atoms with Crippen molar-refractivity contribution in [3.8, 4) is 0 Å². The molecule has 15 heavy (non-hydrogen) atoms. The number of methoxy groups -OCH3 is 1. The molecule has 0 saturated carbocycles. The van der Waals surface area contributed by atoms with Crippen molar-refractivity contribution in [2.24, 2.45) is 0 Å². The first-order valence-electron chi connectivity index (χ1n) is 4.94. The number of Topliss-reactive ketones (excluding diaryl/α,β-unsaturated/α-hetero) is 1. The minimum atomic E-state index is -0.431. The molecule has 0 aromatic rings. The highest BCUT2D eigenvalue weighted by atomic mass is 32.2. The monoisotopic (exact) mass is 234 g/mol. The van der Waals surface area contributed by atoms with Crippen molar-refractivity contribution < 1.29 is 19.1 Å². The maximum absolute atomic E-state index is 11.2. The molecule has 0 radical (unpaired) electrons. The third-order valence-electron chi connectivity index (χ3n) is 1.55. The van der Waals surface area contributed by atoms with E-state index in [9.17, 15) is 9.59 Å². The summed E-state index contributed by atoms with van der Waals surface area (Å²) in [5.41, 5.74) is 0. The van der Waals surface area contributed by atoms with E-state index in [4.69, 9.17) is 4.74 Å². The van der Waals surface area contributed by atoms with Gasteiger partial charge in [0.1, 0.15) is 6.42 Å². The molecule has 0 heterocycles. The van der Waals surface area contributed by atoms with E-state index < -0.39 is 5.97 Å². The van der Waals surface area contributed by atoms with E-state index in [-0.39, 0.29) is 12.2 Å². The van der Waals surface area contributed by atoms with Crippen LogP contribution in [0, 0.1) is 0 Å². The number of ketones is 1. The van der Waals surface area contributed by atoms with Gasteiger partial charge in [-0.3, -0.25) is 9.59 Å². The topological polar surface area (TPSA) is 52.6 Å². The van der Waals surface area contributed by atoms with Crippen LogP contribution in [0.1, 0.15) is 19.8 Å². The van der Waals surface area contributed by atoms with Gasteiger partial charge >= 0.3 is 5.97 Å². The summed E-state index contributed by atoms with van der Waals surface area (Å²) >= 11 is 1.52. The molecule has 5 heteroatoms. The Kier molecular flexibility index (Phi) is 9.62. The van der Waals surface area contributed by atoms with Crippen LogP contribution >= 0.6 is 11.8 Å². The molecule has 0 aliphatic rings. The predicted octanol–water partition coefficient (Wildman–Crippen LogP) is 1.28. The van der Waals surface area contributed by atoms with Crippen LogP contribution in [0.25, 0.3) is 0 Å². The van der Waals surface area contributed by atoms with Gasteiger partial charge in [0.25, 0.3) is 0 Å². The molecule has 0 saturated heterocycles. The molecule has 0 amide bonds. The van der Waals surface area contributed by atoms with Crippen LogP contribution in [-0.2, 0) is 19.1 Å². The molecule has 0 N–H and O–H groups in total. The largest absolute Gasteiger partial charge is 0.466 e. The number of hydrogen-bond acceptors (Lipinski definition) is 5. The molecular formula is C10H18O4S. The lowest BCUT2D eigenvalue weighted by atomic mass is 10.3. The van der Waals surface area contributed by atoms with Crippen molar-refractivity contribution in [2.75, 3.05) is 31.8 Å². The summed E-state index contributed by atoms with van der Waals surface area (Å²) in [6.07, 6.45) is 0.818. The van der Waals surface area contributed by atoms with Crippen molar-refractivity contribution >= 4 is 23.5 Å². The van der Waals surface area contributed by atoms with Gasteiger partial charge in [-0.15, -0.1) is 0 Å². The van der Waals surface area contributed by atoms with Gasteiger partial charge in [0.05, 0.1) is 12.4 Å². The van der Waals surface area contributed by atoms with Gasteiger partial charge < -0.3 is 9.47 Å². The van der Waals surface area contributed by atoms with E-state index in [0.717, 1.165) is 12.2 Å². The maximum atomic E-state index is 11.2. The van der Waals surface area contributed by atoms with Crippen LogP contribution in [0.2, 0.25) is 0 Å². The zero-order valence-corrected chi connectivity index (χ0v) is 10.1. The highest BCUT2D eigenvalue weighted by Crippen LogP contribution is 2.04. The van der Waals surface area contributed by atoms with E-state index >= 15 is 0 Å². The van der Waals surface area contributed by atoms with Crippen LogP contribution < -0.4 is 0 Å². The van der Waals surface area contributed by atoms with E-state index in [2.05, 4.69) is 4.74 Å². The zero-order valence-electron chi connectivity index (χ0n) is 9.28. The maximum Gasteiger partial charge on any atom is 0.313 e. The molecule has 0 unspecified atom stereocenters. The van der Waals surface area contributed by atoms with Crippen molar-refractivity contribution in [2.45, 2.75) is 19.8 Å². The first-order valence-corrected chi connectivity index (χ1v) is 6.10. The van der Waals surface area contributed by atoms with Gasteiger partial charge in [-0.2, -0.15) is 11.8 Å². The number of rotatable bonds is 9. The van der Waals surface area contributed by atoms with Crippen LogP contribution in [0.4, 0.5) is 0 Å². The summed E-state index contributed by atoms with van der Waals surface area (Å²) in [7, 11) is 1.65. The highest BCUT2D eigenvalue weighted by molar-refractivity contribution is 7.99. The Morgan fingerprint density at radius 2 is 2.07 bits per heavy atom. The molecule has 4 nitrogen and oxygen atoms in total. The molecule has 0 rings (SSSR count). The van der Waals surface area contributed by atoms with Crippen molar-refractivity contribution in [3.05, 3.63) is 0 Å². The van der Waals surface area contributed by atoms with E-state index in [1.807, 2.05) is 0 Å². The van der Waals surface area contributed by atoms with E-state index in [1.165, 1.54) is 11.8 Å². The second-order valence-corrected chi connectivity index (χ2v) is 4.02. The first-order chi connectivity index (χ1) is 7.20. The molecule has 88 valence electrons. The Hall–Kier alpha value is -0.550. The second kappa shape index (κ2) is 9.98. The quantitative estimate of drug-likeness (QED) is 0.342. The van der Waals surface area contributed by atoms with Crippen LogP contribution in [0.3, 0.4) is 0 Å². The Balaban J connectivity index is 3.37. The van der Waals surface area contributed by atoms with Crippen molar-refractivity contribution in [3.63, 3.8) is 0 Å². The fourth-order valence-corrected chi connectivity index (χ4v) is 1.71. The molecule has 0 spiro atoms. The van der Waals surface area contributed by atoms with E-state index in [1.54, 1.807) is 14.0 Å². The Morgan fingerprint density at radius 3 is 2.67 bits per heavy atom. The zero-order chi connectivity index (χ0) is 11.5. The van der Waals surface area contributed by atoms with Crippen LogP contribution in [0.5, 0.6) is 0 Å². The lowest BCUT2D eigenvalue weighted by Gasteiger charge is -2.01. The summed E-state index contributed by atoms with van der Waals surface area (Å²) in [4.78, 5) is 22.1. The summed E-state index contributed by atoms with van der Waals surface area (Å²) in [5, 5.41) is 0. The van der Waals surface area contributed by atoms with E-state index in [0.29, 0.717) is 19.0 Å². The number of carbonyl (C=O) groups is 2. The predicted molar refractivity (Wildman–Crippen MR) is 60.1 cm³/mol. The second-order valence-electron chi connectivity index (χ2n) is 2.92. The molecule has 0 aliphatic carbocycles. The van der Waals surface area contributed by atoms with Gasteiger partial charge in [-0.25, -0.2) is 0 Å². The van der Waals surface area contributed by atoms with Gasteiger partial charge in [0.15, 0.2) is 5.78 Å². The molecule has 0 bridgehead atoms. The minimum Gasteiger partial charge on any atom is -0.466 e. The average Bonchev–Trinajstić information content (AvgIpc) is 2.17. The fourth-order valence-electron chi connectivity index (χ4n) is 0.915. The first kappa shape index (κ1) is 14.5. The smallest absolute Gasteiger partial charge is 0.313 e. The standard InChI is InChI=1S/C10H18O4S/c1-3-14-10(12)7-9(11)8-15-6-4-5-13-2/h3-8H2,1-2H3. The lowest BCUT2D eigenvalue weighted by molar-refractivity contribution is -0.145. The average molecular weight is 234 g/mol. The third kappa shape index (κ3) is 9.75. The SMILES string of the molecule is CCOC(=O)CC(=O)CSCCCOC. The van der Waals surface area contributed by atoms with Gasteiger partial charge in [-0.1, -0.05) is 0 Å². The van der Waals surface area contributed by atoms with Crippen molar-refractivity contribution in [1.82, 2.24) is 0 Å². The molecule has 0 atom stereocenters. The minimum absolute atomic E-state index is 0.0733. The van der Waals surface area contributed by atoms with Crippen LogP contribution in [-0.4, -0.2) is 43.6 Å². The number of ether oxygens (including phenoxy) is 2. The Morgan fingerprint density at radius 1 is 1.33 bits per heavy atom. The number of hydrogen-bond donors (Lipinski definition) is 0. The molecule has 0 aromatic carbocycles. The van der Waals surface area contributed by atoms with Gasteiger partial charge in [-0.05, 0) is 19.1 Å². The number of esters is 1. The summed E-state index contributed by atoms with van der Waals surface area (Å²) in [5.74, 6) is 0.751. The number of carbonyl (C=O) groups excluding carboxylic acids is 2. The third-order valence-corrected chi connectivity index (χ3v) is 2.65. The van der Waals surface area contributed by atoms with Crippen molar-refractivity contribution in [1.29, 1.82) is 0 Å². The normalized spacial score (nSPS) is 10.0. The highest BCUT2D eigenvalue weighted by Gasteiger charge is 2.09. The molecule has 0 aliphatic heterocycles. The van der Waals surface area contributed by atoms with Gasteiger partial charge in [0, 0.05) is 13.7 Å². The fraction of sp³-hybridized carbons (Fsp3) is 0.800. The van der Waals surface area contributed by atoms with Gasteiger partial charge in [0.2, 0.25) is 0 Å². The molecule has 0 aromatic heterocycles. The summed E-state index contributed by atoms with van der Waals surface area (Å²) < 4.78 is 9.54. The summed E-state index contributed by atoms with van der Waals surface area (Å²) in [6, 6.07) is 0. The van der Waals surface area contributed by atoms with Crippen LogP contribution in [0.15, 0.2) is 0 Å². The Labute approximate surface area is 94.7 Å². The summed E-state index contributed by atoms with van der Waals surface area (Å²) in [6.45, 7) is 2.76. The molecular weight excluding hydrogens is 216 g/mol.